The topological polar surface area (TPSA) is 62.1 Å². The lowest BCUT2D eigenvalue weighted by Crippen LogP contribution is -2.00. The number of hydrogen-bond acceptors (Lipinski definition) is 7. The van der Waals surface area contributed by atoms with E-state index in [4.69, 9.17) is 14.5 Å². The zero-order chi connectivity index (χ0) is 19.2. The maximum absolute atomic E-state index is 5.58. The molecule has 8 heteroatoms. The molecule has 0 amide bonds. The van der Waals surface area contributed by atoms with E-state index < -0.39 is 0 Å². The van der Waals surface area contributed by atoms with Gasteiger partial charge in [0.2, 0.25) is 0 Å². The van der Waals surface area contributed by atoms with Gasteiger partial charge in [-0.05, 0) is 32.0 Å². The van der Waals surface area contributed by atoms with Crippen LogP contribution in [0.1, 0.15) is 18.4 Å². The van der Waals surface area contributed by atoms with Gasteiger partial charge in [0.1, 0.15) is 10.8 Å². The zero-order valence-corrected chi connectivity index (χ0v) is 17.3. The highest BCUT2D eigenvalue weighted by atomic mass is 32.2. The molecule has 142 valence electrons. The molecule has 0 N–H and O–H groups in total. The van der Waals surface area contributed by atoms with Crippen LogP contribution in [-0.2, 0) is 12.3 Å². The Bertz CT molecular complexity index is 920. The molecule has 0 aliphatic rings. The van der Waals surface area contributed by atoms with Crippen LogP contribution in [0.25, 0.3) is 10.6 Å². The summed E-state index contributed by atoms with van der Waals surface area (Å²) in [6, 6.07) is 5.90. The van der Waals surface area contributed by atoms with Crippen LogP contribution >= 0.6 is 23.1 Å². The number of nitrogens with zero attached hydrogens (tertiary/aromatic N) is 4. The van der Waals surface area contributed by atoms with E-state index in [1.807, 2.05) is 42.7 Å². The predicted octanol–water partition coefficient (Wildman–Crippen LogP) is 4.60. The molecule has 0 fully saturated rings. The number of aryl methyl sites for hydroxylation is 1. The van der Waals surface area contributed by atoms with Gasteiger partial charge in [0.05, 0.1) is 19.4 Å². The van der Waals surface area contributed by atoms with Crippen molar-refractivity contribution in [2.24, 2.45) is 0 Å². The molecular formula is C19H22N4O2S2. The van der Waals surface area contributed by atoms with Crippen molar-refractivity contribution in [1.29, 1.82) is 0 Å². The average molecular weight is 403 g/mol. The lowest BCUT2D eigenvalue weighted by molar-refractivity contribution is 0.311. The fraction of sp³-hybridized carbons (Fsp3) is 0.316. The Labute approximate surface area is 167 Å². The van der Waals surface area contributed by atoms with Gasteiger partial charge < -0.3 is 14.0 Å². The van der Waals surface area contributed by atoms with Crippen molar-refractivity contribution in [3.05, 3.63) is 47.8 Å². The number of rotatable bonds is 9. The molecule has 0 saturated carbocycles. The van der Waals surface area contributed by atoms with E-state index in [2.05, 4.69) is 22.2 Å². The molecule has 0 aliphatic heterocycles. The molecule has 0 bridgehead atoms. The third-order valence-corrected chi connectivity index (χ3v) is 5.77. The van der Waals surface area contributed by atoms with Gasteiger partial charge in [-0.1, -0.05) is 17.8 Å². The number of benzene rings is 1. The summed E-state index contributed by atoms with van der Waals surface area (Å²) in [7, 11) is 1.65. The monoisotopic (exact) mass is 402 g/mol. The molecule has 0 radical (unpaired) electrons. The van der Waals surface area contributed by atoms with Crippen LogP contribution in [0.3, 0.4) is 0 Å². The molecular weight excluding hydrogens is 380 g/mol. The van der Waals surface area contributed by atoms with Crippen LogP contribution in [0.15, 0.2) is 41.4 Å². The molecule has 0 aliphatic carbocycles. The minimum absolute atomic E-state index is 0.601. The number of thioether (sulfide) groups is 1. The second kappa shape index (κ2) is 9.05. The highest BCUT2D eigenvalue weighted by molar-refractivity contribution is 7.98. The van der Waals surface area contributed by atoms with Crippen molar-refractivity contribution < 1.29 is 9.47 Å². The molecule has 6 nitrogen and oxygen atoms in total. The van der Waals surface area contributed by atoms with Crippen LogP contribution in [0.2, 0.25) is 0 Å². The molecule has 0 unspecified atom stereocenters. The summed E-state index contributed by atoms with van der Waals surface area (Å²) in [5.41, 5.74) is 2.03. The fourth-order valence-electron chi connectivity index (χ4n) is 2.53. The van der Waals surface area contributed by atoms with Gasteiger partial charge in [0, 0.05) is 23.2 Å². The van der Waals surface area contributed by atoms with Crippen LogP contribution in [-0.4, -0.2) is 33.5 Å². The first-order valence-electron chi connectivity index (χ1n) is 8.55. The lowest BCUT2D eigenvalue weighted by atomic mass is 10.2. The predicted molar refractivity (Wildman–Crippen MR) is 110 cm³/mol. The largest absolute Gasteiger partial charge is 0.493 e. The number of allylic oxidation sites excluding steroid dienone is 1. The van der Waals surface area contributed by atoms with Crippen molar-refractivity contribution in [1.82, 2.24) is 19.7 Å². The summed E-state index contributed by atoms with van der Waals surface area (Å²) < 4.78 is 13.1. The van der Waals surface area contributed by atoms with Crippen molar-refractivity contribution in [3.63, 3.8) is 0 Å². The first-order valence-corrected chi connectivity index (χ1v) is 10.4. The van der Waals surface area contributed by atoms with Gasteiger partial charge in [0.15, 0.2) is 16.7 Å². The fourth-order valence-corrected chi connectivity index (χ4v) is 4.34. The van der Waals surface area contributed by atoms with Crippen LogP contribution < -0.4 is 9.47 Å². The molecule has 0 saturated heterocycles. The quantitative estimate of drug-likeness (QED) is 0.385. The Morgan fingerprint density at radius 2 is 2.15 bits per heavy atom. The van der Waals surface area contributed by atoms with Crippen molar-refractivity contribution in [2.75, 3.05) is 13.7 Å². The van der Waals surface area contributed by atoms with E-state index in [-0.39, 0.29) is 0 Å². The van der Waals surface area contributed by atoms with Crippen molar-refractivity contribution in [3.8, 4) is 22.1 Å². The van der Waals surface area contributed by atoms with Crippen molar-refractivity contribution >= 4 is 23.1 Å². The van der Waals surface area contributed by atoms with Crippen LogP contribution in [0.5, 0.6) is 11.5 Å². The first-order chi connectivity index (χ1) is 13.2. The summed E-state index contributed by atoms with van der Waals surface area (Å²) in [6.45, 7) is 8.99. The molecule has 0 atom stereocenters. The van der Waals surface area contributed by atoms with E-state index in [1.165, 1.54) is 0 Å². The normalized spacial score (nSPS) is 10.8. The number of hydrogen-bond donors (Lipinski definition) is 0. The lowest BCUT2D eigenvalue weighted by Gasteiger charge is -2.09. The van der Waals surface area contributed by atoms with Crippen LogP contribution in [0.4, 0.5) is 0 Å². The number of thiazole rings is 1. The van der Waals surface area contributed by atoms with Crippen molar-refractivity contribution in [2.45, 2.75) is 31.3 Å². The maximum Gasteiger partial charge on any atom is 0.191 e. The Kier molecular flexibility index (Phi) is 6.52. The standard InChI is InChI=1S/C19H22N4O2S2/c1-5-9-23-13(3)21-22-19(23)27-12-15-11-26-18(20-15)14-7-8-16(25-6-2)17(10-14)24-4/h5,7-8,10-11H,1,6,9,12H2,2-4H3. The number of methoxy groups -OCH3 is 1. The Morgan fingerprint density at radius 3 is 2.89 bits per heavy atom. The van der Waals surface area contributed by atoms with Gasteiger partial charge in [-0.15, -0.1) is 28.1 Å². The Hall–Kier alpha value is -2.32. The number of ether oxygens (including phenoxy) is 2. The maximum atomic E-state index is 5.58. The van der Waals surface area contributed by atoms with Gasteiger partial charge in [-0.3, -0.25) is 0 Å². The zero-order valence-electron chi connectivity index (χ0n) is 15.6. The third kappa shape index (κ3) is 4.51. The summed E-state index contributed by atoms with van der Waals surface area (Å²) in [4.78, 5) is 4.75. The second-order valence-electron chi connectivity index (χ2n) is 5.66. The summed E-state index contributed by atoms with van der Waals surface area (Å²) >= 11 is 3.24. The third-order valence-electron chi connectivity index (χ3n) is 3.82. The van der Waals surface area contributed by atoms with E-state index >= 15 is 0 Å². The Balaban J connectivity index is 1.73. The first kappa shape index (κ1) is 19.4. The molecule has 3 aromatic rings. The molecule has 27 heavy (non-hydrogen) atoms. The van der Waals surface area contributed by atoms with E-state index in [0.717, 1.165) is 38.7 Å². The van der Waals surface area contributed by atoms with E-state index in [9.17, 15) is 0 Å². The summed E-state index contributed by atoms with van der Waals surface area (Å²) in [5.74, 6) is 3.08. The molecule has 1 aromatic carbocycles. The highest BCUT2D eigenvalue weighted by Gasteiger charge is 2.12. The highest BCUT2D eigenvalue weighted by Crippen LogP contribution is 2.34. The van der Waals surface area contributed by atoms with Gasteiger partial charge in [-0.25, -0.2) is 4.98 Å². The minimum atomic E-state index is 0.601. The molecule has 0 spiro atoms. The van der Waals surface area contributed by atoms with E-state index in [0.29, 0.717) is 18.9 Å². The molecule has 2 heterocycles. The summed E-state index contributed by atoms with van der Waals surface area (Å²) in [6.07, 6.45) is 1.85. The van der Waals surface area contributed by atoms with E-state index in [1.54, 1.807) is 30.2 Å². The SMILES string of the molecule is C=CCn1c(C)nnc1SCc1csc(-c2ccc(OCC)c(OC)c2)n1. The number of aromatic nitrogens is 4. The Morgan fingerprint density at radius 1 is 1.30 bits per heavy atom. The van der Waals surface area contributed by atoms with Crippen LogP contribution in [0, 0.1) is 6.92 Å². The van der Waals surface area contributed by atoms with Gasteiger partial charge in [0.25, 0.3) is 0 Å². The minimum Gasteiger partial charge on any atom is -0.493 e. The average Bonchev–Trinajstić information content (AvgIpc) is 3.29. The second-order valence-corrected chi connectivity index (χ2v) is 7.46. The molecule has 2 aromatic heterocycles. The smallest absolute Gasteiger partial charge is 0.191 e. The molecule has 3 rings (SSSR count). The van der Waals surface area contributed by atoms with Gasteiger partial charge >= 0.3 is 0 Å². The van der Waals surface area contributed by atoms with Gasteiger partial charge in [-0.2, -0.15) is 0 Å². The summed E-state index contributed by atoms with van der Waals surface area (Å²) in [5, 5.41) is 12.3.